The second-order valence-electron chi connectivity index (χ2n) is 9.35. The molecule has 1 heterocycles. The molecular formula is C26H38ClN5O2. The fourth-order valence-electron chi connectivity index (χ4n) is 4.15. The maximum absolute atomic E-state index is 12.7. The van der Waals surface area contributed by atoms with Gasteiger partial charge in [-0.05, 0) is 70.7 Å². The van der Waals surface area contributed by atoms with E-state index in [1.54, 1.807) is 7.11 Å². The van der Waals surface area contributed by atoms with E-state index in [1.165, 1.54) is 5.56 Å². The number of alkyl halides is 1. The van der Waals surface area contributed by atoms with Crippen molar-refractivity contribution in [3.05, 3.63) is 47.5 Å². The molecule has 0 aromatic heterocycles. The molecule has 7 nitrogen and oxygen atoms in total. The number of carbonyl (C=O) groups is 1. The average Bonchev–Trinajstić information content (AvgIpc) is 3.20. The normalized spacial score (nSPS) is 14.8. The fourth-order valence-corrected chi connectivity index (χ4v) is 4.45. The topological polar surface area (TPSA) is 60.1 Å². The van der Waals surface area contributed by atoms with Crippen molar-refractivity contribution in [1.29, 1.82) is 0 Å². The SMILES string of the molecule is COc1cc2c(cc1NCN(C)C[C@H](Cl)C(C)Nc1ccccc1C)N(C(=O)CN(C)C)CC2. The molecule has 2 aromatic carbocycles. The van der Waals surface area contributed by atoms with Crippen LogP contribution in [0.3, 0.4) is 0 Å². The summed E-state index contributed by atoms with van der Waals surface area (Å²) >= 11 is 6.74. The van der Waals surface area contributed by atoms with Gasteiger partial charge in [0.05, 0.1) is 31.4 Å². The number of amides is 1. The third kappa shape index (κ3) is 6.56. The highest BCUT2D eigenvalue weighted by atomic mass is 35.5. The number of aryl methyl sites for hydroxylation is 1. The second-order valence-corrected chi connectivity index (χ2v) is 9.91. The van der Waals surface area contributed by atoms with Gasteiger partial charge < -0.3 is 25.2 Å². The lowest BCUT2D eigenvalue weighted by Gasteiger charge is -2.27. The molecule has 0 saturated carbocycles. The summed E-state index contributed by atoms with van der Waals surface area (Å²) in [6.07, 6.45) is 0.838. The number of nitrogens with one attached hydrogen (secondary N) is 2. The van der Waals surface area contributed by atoms with Gasteiger partial charge in [-0.15, -0.1) is 11.6 Å². The fraction of sp³-hybridized carbons (Fsp3) is 0.500. The molecule has 0 spiro atoms. The van der Waals surface area contributed by atoms with Crippen LogP contribution in [-0.2, 0) is 11.2 Å². The van der Waals surface area contributed by atoms with Crippen molar-refractivity contribution < 1.29 is 9.53 Å². The molecule has 0 aliphatic carbocycles. The number of hydrogen-bond acceptors (Lipinski definition) is 6. The minimum Gasteiger partial charge on any atom is -0.495 e. The number of likely N-dealkylation sites (N-methyl/N-ethyl adjacent to an activating group) is 1. The van der Waals surface area contributed by atoms with Crippen molar-refractivity contribution in [3.63, 3.8) is 0 Å². The quantitative estimate of drug-likeness (QED) is 0.371. The summed E-state index contributed by atoms with van der Waals surface area (Å²) in [4.78, 5) is 18.6. The maximum Gasteiger partial charge on any atom is 0.241 e. The molecule has 2 aromatic rings. The molecule has 2 N–H and O–H groups in total. The van der Waals surface area contributed by atoms with Crippen molar-refractivity contribution in [3.8, 4) is 5.75 Å². The number of nitrogens with zero attached hydrogens (tertiary/aromatic N) is 3. The number of halogens is 1. The van der Waals surface area contributed by atoms with Gasteiger partial charge in [-0.1, -0.05) is 18.2 Å². The van der Waals surface area contributed by atoms with Gasteiger partial charge in [-0.2, -0.15) is 0 Å². The highest BCUT2D eigenvalue weighted by molar-refractivity contribution is 6.21. The van der Waals surface area contributed by atoms with E-state index in [-0.39, 0.29) is 17.3 Å². The summed E-state index contributed by atoms with van der Waals surface area (Å²) in [6.45, 7) is 6.59. The number of carbonyl (C=O) groups excluding carboxylic acids is 1. The minimum atomic E-state index is -0.0764. The van der Waals surface area contributed by atoms with Gasteiger partial charge in [0.2, 0.25) is 5.91 Å². The van der Waals surface area contributed by atoms with E-state index >= 15 is 0 Å². The summed E-state index contributed by atoms with van der Waals surface area (Å²) < 4.78 is 5.63. The number of para-hydroxylation sites is 1. The second kappa shape index (κ2) is 11.8. The standard InChI is InChI=1S/C26H38ClN5O2/c1-18-9-7-8-10-22(18)29-19(2)21(27)15-31(5)17-28-23-14-24-20(13-25(23)34-6)11-12-32(24)26(33)16-30(3)4/h7-10,13-14,19,21,28-29H,11-12,15-17H2,1-6H3/t19?,21-/m0/s1. The van der Waals surface area contributed by atoms with Gasteiger partial charge in [0.15, 0.2) is 0 Å². The number of benzene rings is 2. The van der Waals surface area contributed by atoms with E-state index in [1.807, 2.05) is 55.2 Å². The Hall–Kier alpha value is -2.48. The zero-order valence-electron chi connectivity index (χ0n) is 21.2. The molecule has 1 amide bonds. The number of anilines is 3. The Morgan fingerprint density at radius 3 is 2.62 bits per heavy atom. The average molecular weight is 488 g/mol. The number of rotatable bonds is 11. The van der Waals surface area contributed by atoms with E-state index < -0.39 is 0 Å². The zero-order chi connectivity index (χ0) is 24.8. The molecule has 34 heavy (non-hydrogen) atoms. The highest BCUT2D eigenvalue weighted by Gasteiger charge is 2.27. The Balaban J connectivity index is 1.61. The van der Waals surface area contributed by atoms with Gasteiger partial charge in [-0.3, -0.25) is 9.69 Å². The number of methoxy groups -OCH3 is 1. The van der Waals surface area contributed by atoms with Crippen LogP contribution in [0.4, 0.5) is 17.1 Å². The molecule has 3 rings (SSSR count). The van der Waals surface area contributed by atoms with Crippen molar-refractivity contribution in [2.45, 2.75) is 31.7 Å². The summed E-state index contributed by atoms with van der Waals surface area (Å²) in [6, 6.07) is 12.4. The molecule has 1 aliphatic heterocycles. The van der Waals surface area contributed by atoms with E-state index in [2.05, 4.69) is 41.5 Å². The van der Waals surface area contributed by atoms with Crippen LogP contribution in [0.25, 0.3) is 0 Å². The minimum absolute atomic E-state index is 0.0764. The van der Waals surface area contributed by atoms with Crippen molar-refractivity contribution >= 4 is 34.6 Å². The zero-order valence-corrected chi connectivity index (χ0v) is 21.9. The summed E-state index contributed by atoms with van der Waals surface area (Å²) in [5, 5.41) is 6.92. The van der Waals surface area contributed by atoms with Crippen LogP contribution in [0.5, 0.6) is 5.75 Å². The first-order chi connectivity index (χ1) is 16.2. The first-order valence-corrected chi connectivity index (χ1v) is 12.2. The van der Waals surface area contributed by atoms with Crippen molar-refractivity contribution in [1.82, 2.24) is 9.80 Å². The van der Waals surface area contributed by atoms with Crippen molar-refractivity contribution in [2.24, 2.45) is 0 Å². The number of ether oxygens (including phenoxy) is 1. The van der Waals surface area contributed by atoms with E-state index in [0.29, 0.717) is 26.3 Å². The number of hydrogen-bond donors (Lipinski definition) is 2. The molecule has 8 heteroatoms. The molecule has 1 aliphatic rings. The lowest BCUT2D eigenvalue weighted by Crippen LogP contribution is -2.38. The predicted molar refractivity (Wildman–Crippen MR) is 143 cm³/mol. The first kappa shape index (κ1) is 26.1. The summed E-state index contributed by atoms with van der Waals surface area (Å²) in [5.74, 6) is 0.892. The largest absolute Gasteiger partial charge is 0.495 e. The molecule has 0 fully saturated rings. The number of fused-ring (bicyclic) bond motifs is 1. The highest BCUT2D eigenvalue weighted by Crippen LogP contribution is 2.37. The van der Waals surface area contributed by atoms with Gasteiger partial charge in [-0.25, -0.2) is 0 Å². The predicted octanol–water partition coefficient (Wildman–Crippen LogP) is 3.86. The monoisotopic (exact) mass is 487 g/mol. The van der Waals surface area contributed by atoms with Gasteiger partial charge in [0.25, 0.3) is 0 Å². The lowest BCUT2D eigenvalue weighted by molar-refractivity contribution is -0.119. The molecular weight excluding hydrogens is 450 g/mol. The third-order valence-corrected chi connectivity index (χ3v) is 6.66. The molecule has 0 radical (unpaired) electrons. The van der Waals surface area contributed by atoms with Crippen LogP contribution in [0.2, 0.25) is 0 Å². The van der Waals surface area contributed by atoms with Crippen LogP contribution >= 0.6 is 11.6 Å². The van der Waals surface area contributed by atoms with E-state index in [0.717, 1.165) is 34.8 Å². The van der Waals surface area contributed by atoms with Gasteiger partial charge in [0, 0.05) is 30.5 Å². The van der Waals surface area contributed by atoms with E-state index in [9.17, 15) is 4.79 Å². The van der Waals surface area contributed by atoms with Crippen LogP contribution in [-0.4, -0.2) is 81.7 Å². The lowest BCUT2D eigenvalue weighted by atomic mass is 10.1. The molecule has 1 unspecified atom stereocenters. The van der Waals surface area contributed by atoms with Gasteiger partial charge in [0.1, 0.15) is 5.75 Å². The van der Waals surface area contributed by atoms with Crippen LogP contribution in [0.15, 0.2) is 36.4 Å². The Morgan fingerprint density at radius 2 is 1.94 bits per heavy atom. The van der Waals surface area contributed by atoms with Crippen LogP contribution in [0, 0.1) is 6.92 Å². The smallest absolute Gasteiger partial charge is 0.241 e. The Bertz CT molecular complexity index is 984. The summed E-state index contributed by atoms with van der Waals surface area (Å²) in [7, 11) is 7.53. The molecule has 2 atom stereocenters. The maximum atomic E-state index is 12.7. The first-order valence-electron chi connectivity index (χ1n) is 11.7. The molecule has 0 saturated heterocycles. The molecule has 0 bridgehead atoms. The van der Waals surface area contributed by atoms with Crippen LogP contribution in [0.1, 0.15) is 18.1 Å². The third-order valence-electron chi connectivity index (χ3n) is 6.15. The molecule has 186 valence electrons. The van der Waals surface area contributed by atoms with E-state index in [4.69, 9.17) is 16.3 Å². The Morgan fingerprint density at radius 1 is 1.21 bits per heavy atom. The van der Waals surface area contributed by atoms with Crippen molar-refractivity contribution in [2.75, 3.05) is 70.1 Å². The van der Waals surface area contributed by atoms with Gasteiger partial charge >= 0.3 is 0 Å². The van der Waals surface area contributed by atoms with Crippen LogP contribution < -0.4 is 20.3 Å². The Labute approximate surface area is 209 Å². The summed E-state index contributed by atoms with van der Waals surface area (Å²) in [5.41, 5.74) is 5.28. The Kier molecular flexibility index (Phi) is 9.05.